The summed E-state index contributed by atoms with van der Waals surface area (Å²) >= 11 is 0. The fraction of sp³-hybridized carbons (Fsp3) is 0.533. The zero-order valence-electron chi connectivity index (χ0n) is 12.1. The van der Waals surface area contributed by atoms with Crippen molar-refractivity contribution >= 4 is 11.6 Å². The summed E-state index contributed by atoms with van der Waals surface area (Å²) in [5.74, 6) is 0.0658. The van der Waals surface area contributed by atoms with Gasteiger partial charge < -0.3 is 5.32 Å². The van der Waals surface area contributed by atoms with Gasteiger partial charge in [0.15, 0.2) is 0 Å². The number of carbonyl (C=O) groups excluding carboxylic acids is 1. The maximum atomic E-state index is 12.2. The van der Waals surface area contributed by atoms with Crippen molar-refractivity contribution in [2.24, 2.45) is 0 Å². The number of rotatable bonds is 5. The number of carbonyl (C=O) groups is 1. The lowest BCUT2D eigenvalue weighted by atomic mass is 10.1. The maximum Gasteiger partial charge on any atom is 0.241 e. The Morgan fingerprint density at radius 3 is 2.17 bits per heavy atom. The van der Waals surface area contributed by atoms with E-state index in [1.165, 1.54) is 0 Å². The van der Waals surface area contributed by atoms with Crippen LogP contribution >= 0.6 is 0 Å². The second-order valence-corrected chi connectivity index (χ2v) is 4.65. The monoisotopic (exact) mass is 248 g/mol. The van der Waals surface area contributed by atoms with E-state index in [2.05, 4.69) is 24.1 Å². The van der Waals surface area contributed by atoms with E-state index < -0.39 is 0 Å². The molecule has 1 N–H and O–H groups in total. The first kappa shape index (κ1) is 14.7. The van der Waals surface area contributed by atoms with Crippen LogP contribution in [-0.4, -0.2) is 29.9 Å². The summed E-state index contributed by atoms with van der Waals surface area (Å²) in [6, 6.07) is 5.95. The van der Waals surface area contributed by atoms with Crippen molar-refractivity contribution in [3.8, 4) is 0 Å². The number of hydrogen-bond acceptors (Lipinski definition) is 2. The smallest absolute Gasteiger partial charge is 0.241 e. The molecule has 18 heavy (non-hydrogen) atoms. The Bertz CT molecular complexity index is 391. The average molecular weight is 248 g/mol. The van der Waals surface area contributed by atoms with Crippen LogP contribution in [0.1, 0.15) is 31.9 Å². The number of likely N-dealkylation sites (N-methyl/N-ethyl adjacent to an activating group) is 1. The summed E-state index contributed by atoms with van der Waals surface area (Å²) in [5, 5.41) is 3.05. The second-order valence-electron chi connectivity index (χ2n) is 4.65. The Balaban J connectivity index is 2.81. The molecule has 0 heterocycles. The Morgan fingerprint density at radius 1 is 1.22 bits per heavy atom. The van der Waals surface area contributed by atoms with E-state index in [9.17, 15) is 4.79 Å². The van der Waals surface area contributed by atoms with Gasteiger partial charge in [-0.2, -0.15) is 0 Å². The highest BCUT2D eigenvalue weighted by Crippen LogP contribution is 2.19. The van der Waals surface area contributed by atoms with E-state index in [-0.39, 0.29) is 11.9 Å². The van der Waals surface area contributed by atoms with Gasteiger partial charge in [-0.15, -0.1) is 0 Å². The molecule has 3 heteroatoms. The SMILES string of the molecule is CCN(CC)[C@@H](C)C(=O)Nc1c(C)cccc1C. The quantitative estimate of drug-likeness (QED) is 0.869. The molecule has 0 aliphatic carbocycles. The lowest BCUT2D eigenvalue weighted by Gasteiger charge is -2.26. The number of amides is 1. The van der Waals surface area contributed by atoms with Crippen LogP contribution in [0.15, 0.2) is 18.2 Å². The van der Waals surface area contributed by atoms with Crippen molar-refractivity contribution in [1.82, 2.24) is 4.90 Å². The molecule has 0 aliphatic rings. The summed E-state index contributed by atoms with van der Waals surface area (Å²) in [6.07, 6.45) is 0. The van der Waals surface area contributed by atoms with Crippen LogP contribution in [0.3, 0.4) is 0 Å². The largest absolute Gasteiger partial charge is 0.324 e. The predicted octanol–water partition coefficient (Wildman–Crippen LogP) is 2.97. The molecule has 1 amide bonds. The zero-order chi connectivity index (χ0) is 13.7. The fourth-order valence-electron chi connectivity index (χ4n) is 2.18. The highest BCUT2D eigenvalue weighted by atomic mass is 16.2. The molecule has 0 fully saturated rings. The first-order chi connectivity index (χ1) is 8.51. The van der Waals surface area contributed by atoms with Gasteiger partial charge >= 0.3 is 0 Å². The average Bonchev–Trinajstić information content (AvgIpc) is 2.35. The van der Waals surface area contributed by atoms with Gasteiger partial charge in [0.05, 0.1) is 6.04 Å². The van der Waals surface area contributed by atoms with Crippen LogP contribution in [0.5, 0.6) is 0 Å². The number of hydrogen-bond donors (Lipinski definition) is 1. The lowest BCUT2D eigenvalue weighted by Crippen LogP contribution is -2.42. The standard InChI is InChI=1S/C15H24N2O/c1-6-17(7-2)13(5)15(18)16-14-11(3)9-8-10-12(14)4/h8-10,13H,6-7H2,1-5H3,(H,16,18)/t13-/m0/s1. The van der Waals surface area contributed by atoms with Crippen molar-refractivity contribution < 1.29 is 4.79 Å². The Kier molecular flexibility index (Phi) is 5.35. The Morgan fingerprint density at radius 2 is 1.72 bits per heavy atom. The van der Waals surface area contributed by atoms with Crippen LogP contribution in [0.25, 0.3) is 0 Å². The van der Waals surface area contributed by atoms with Gasteiger partial charge in [0.25, 0.3) is 0 Å². The molecule has 0 aliphatic heterocycles. The maximum absolute atomic E-state index is 12.2. The third-order valence-corrected chi connectivity index (χ3v) is 3.47. The molecule has 1 aromatic carbocycles. The number of nitrogens with one attached hydrogen (secondary N) is 1. The minimum Gasteiger partial charge on any atom is -0.324 e. The van der Waals surface area contributed by atoms with Gasteiger partial charge in [0, 0.05) is 5.69 Å². The van der Waals surface area contributed by atoms with Crippen molar-refractivity contribution in [1.29, 1.82) is 0 Å². The Hall–Kier alpha value is -1.35. The molecule has 0 unspecified atom stereocenters. The van der Waals surface area contributed by atoms with E-state index in [0.29, 0.717) is 0 Å². The van der Waals surface area contributed by atoms with Gasteiger partial charge in [-0.1, -0.05) is 32.0 Å². The molecule has 0 radical (unpaired) electrons. The molecule has 0 bridgehead atoms. The highest BCUT2D eigenvalue weighted by molar-refractivity contribution is 5.95. The van der Waals surface area contributed by atoms with Gasteiger partial charge in [-0.25, -0.2) is 0 Å². The van der Waals surface area contributed by atoms with Gasteiger partial charge in [0.2, 0.25) is 5.91 Å². The van der Waals surface area contributed by atoms with Crippen LogP contribution in [-0.2, 0) is 4.79 Å². The van der Waals surface area contributed by atoms with Crippen LogP contribution in [0, 0.1) is 13.8 Å². The van der Waals surface area contributed by atoms with E-state index in [0.717, 1.165) is 29.9 Å². The van der Waals surface area contributed by atoms with Crippen molar-refractivity contribution in [3.05, 3.63) is 29.3 Å². The van der Waals surface area contributed by atoms with Gasteiger partial charge in [0.1, 0.15) is 0 Å². The molecule has 1 rings (SSSR count). The van der Waals surface area contributed by atoms with Gasteiger partial charge in [-0.3, -0.25) is 9.69 Å². The van der Waals surface area contributed by atoms with Crippen molar-refractivity contribution in [2.45, 2.75) is 40.7 Å². The molecule has 100 valence electrons. The normalized spacial score (nSPS) is 12.6. The highest BCUT2D eigenvalue weighted by Gasteiger charge is 2.19. The molecule has 0 saturated carbocycles. The number of anilines is 1. The van der Waals surface area contributed by atoms with E-state index in [1.807, 2.05) is 39.0 Å². The molecule has 0 spiro atoms. The Labute approximate surface area is 110 Å². The summed E-state index contributed by atoms with van der Waals surface area (Å²) in [4.78, 5) is 14.4. The molecule has 0 aromatic heterocycles. The molecular formula is C15H24N2O. The number of aryl methyl sites for hydroxylation is 2. The third-order valence-electron chi connectivity index (χ3n) is 3.47. The van der Waals surface area contributed by atoms with E-state index >= 15 is 0 Å². The summed E-state index contributed by atoms with van der Waals surface area (Å²) < 4.78 is 0. The first-order valence-corrected chi connectivity index (χ1v) is 6.62. The van der Waals surface area contributed by atoms with Crippen molar-refractivity contribution in [3.63, 3.8) is 0 Å². The topological polar surface area (TPSA) is 32.3 Å². The minimum absolute atomic E-state index is 0.0658. The summed E-state index contributed by atoms with van der Waals surface area (Å²) in [5.41, 5.74) is 3.16. The number of nitrogens with zero attached hydrogens (tertiary/aromatic N) is 1. The summed E-state index contributed by atoms with van der Waals surface area (Å²) in [7, 11) is 0. The molecule has 0 saturated heterocycles. The molecule has 3 nitrogen and oxygen atoms in total. The second kappa shape index (κ2) is 6.55. The molecule has 1 aromatic rings. The summed E-state index contributed by atoms with van der Waals surface area (Å²) in [6.45, 7) is 11.9. The minimum atomic E-state index is -0.0981. The van der Waals surface area contributed by atoms with E-state index in [4.69, 9.17) is 0 Å². The van der Waals surface area contributed by atoms with Gasteiger partial charge in [-0.05, 0) is 45.0 Å². The molecule has 1 atom stereocenters. The van der Waals surface area contributed by atoms with Crippen LogP contribution in [0.4, 0.5) is 5.69 Å². The lowest BCUT2D eigenvalue weighted by molar-refractivity contribution is -0.120. The first-order valence-electron chi connectivity index (χ1n) is 6.62. The zero-order valence-corrected chi connectivity index (χ0v) is 12.1. The number of benzene rings is 1. The fourth-order valence-corrected chi connectivity index (χ4v) is 2.18. The predicted molar refractivity (Wildman–Crippen MR) is 76.9 cm³/mol. The number of para-hydroxylation sites is 1. The van der Waals surface area contributed by atoms with Crippen LogP contribution < -0.4 is 5.32 Å². The molecular weight excluding hydrogens is 224 g/mol. The van der Waals surface area contributed by atoms with E-state index in [1.54, 1.807) is 0 Å². The van der Waals surface area contributed by atoms with Crippen molar-refractivity contribution in [2.75, 3.05) is 18.4 Å². The van der Waals surface area contributed by atoms with Crippen LogP contribution in [0.2, 0.25) is 0 Å². The third kappa shape index (κ3) is 3.33.